The van der Waals surface area contributed by atoms with Crippen molar-refractivity contribution in [1.82, 2.24) is 10.3 Å². The lowest BCUT2D eigenvalue weighted by Gasteiger charge is -2.15. The number of nitrogens with zero attached hydrogens (tertiary/aromatic N) is 1. The van der Waals surface area contributed by atoms with Gasteiger partial charge in [0.1, 0.15) is 0 Å². The third-order valence-electron chi connectivity index (χ3n) is 4.08. The zero-order valence-electron chi connectivity index (χ0n) is 14.3. The predicted molar refractivity (Wildman–Crippen MR) is 99.1 cm³/mol. The molecule has 0 radical (unpaired) electrons. The molecule has 0 saturated carbocycles. The number of benzene rings is 2. The quantitative estimate of drug-likeness (QED) is 0.764. The molecule has 122 valence electrons. The van der Waals surface area contributed by atoms with E-state index in [-0.39, 0.29) is 5.91 Å². The van der Waals surface area contributed by atoms with Crippen molar-refractivity contribution < 1.29 is 4.79 Å². The number of aromatic nitrogens is 1. The van der Waals surface area contributed by atoms with Crippen LogP contribution in [0.25, 0.3) is 22.2 Å². The van der Waals surface area contributed by atoms with Crippen LogP contribution >= 0.6 is 0 Å². The molecule has 0 spiro atoms. The van der Waals surface area contributed by atoms with Crippen LogP contribution in [0.3, 0.4) is 0 Å². The minimum Gasteiger partial charge on any atom is -0.352 e. The van der Waals surface area contributed by atoms with E-state index in [4.69, 9.17) is 4.98 Å². The lowest BCUT2D eigenvalue weighted by atomic mass is 9.97. The van der Waals surface area contributed by atoms with E-state index in [1.807, 2.05) is 61.5 Å². The van der Waals surface area contributed by atoms with Crippen LogP contribution in [0.4, 0.5) is 0 Å². The van der Waals surface area contributed by atoms with Crippen molar-refractivity contribution in [1.29, 1.82) is 0 Å². The molecule has 3 rings (SSSR count). The van der Waals surface area contributed by atoms with Crippen LogP contribution < -0.4 is 5.32 Å². The summed E-state index contributed by atoms with van der Waals surface area (Å²) in [5, 5.41) is 3.94. The molecule has 3 heteroatoms. The molecule has 0 unspecified atom stereocenters. The van der Waals surface area contributed by atoms with Crippen LogP contribution in [0.1, 0.15) is 29.8 Å². The Hall–Kier alpha value is -2.68. The third kappa shape index (κ3) is 3.16. The van der Waals surface area contributed by atoms with Gasteiger partial charge in [-0.25, -0.2) is 4.98 Å². The fourth-order valence-electron chi connectivity index (χ4n) is 2.86. The summed E-state index contributed by atoms with van der Waals surface area (Å²) in [6.45, 7) is 6.82. The number of hydrogen-bond donors (Lipinski definition) is 1. The van der Waals surface area contributed by atoms with E-state index in [1.54, 1.807) is 0 Å². The van der Waals surface area contributed by atoms with E-state index in [1.165, 1.54) is 0 Å². The average molecular weight is 318 g/mol. The Bertz CT molecular complexity index is 870. The zero-order valence-corrected chi connectivity index (χ0v) is 14.3. The van der Waals surface area contributed by atoms with Crippen molar-refractivity contribution in [2.24, 2.45) is 5.92 Å². The van der Waals surface area contributed by atoms with E-state index in [9.17, 15) is 4.79 Å². The summed E-state index contributed by atoms with van der Waals surface area (Å²) in [4.78, 5) is 17.6. The molecular weight excluding hydrogens is 296 g/mol. The molecule has 1 N–H and O–H groups in total. The van der Waals surface area contributed by atoms with Gasteiger partial charge >= 0.3 is 0 Å². The van der Waals surface area contributed by atoms with Crippen LogP contribution in [-0.2, 0) is 0 Å². The van der Waals surface area contributed by atoms with E-state index in [0.29, 0.717) is 12.5 Å². The first-order chi connectivity index (χ1) is 11.6. The molecule has 1 amide bonds. The molecule has 1 heterocycles. The van der Waals surface area contributed by atoms with E-state index < -0.39 is 0 Å². The molecule has 3 aromatic rings. The number of carbonyl (C=O) groups is 1. The third-order valence-corrected chi connectivity index (χ3v) is 4.08. The highest BCUT2D eigenvalue weighted by atomic mass is 16.1. The summed E-state index contributed by atoms with van der Waals surface area (Å²) < 4.78 is 0. The molecule has 0 atom stereocenters. The Balaban J connectivity index is 2.19. The van der Waals surface area contributed by atoms with Gasteiger partial charge < -0.3 is 5.32 Å². The molecule has 0 aliphatic carbocycles. The fraction of sp³-hybridized carbons (Fsp3) is 0.238. The number of nitrogens with one attached hydrogen (secondary N) is 1. The Kier molecular flexibility index (Phi) is 4.61. The summed E-state index contributed by atoms with van der Waals surface area (Å²) in [7, 11) is 0. The minimum absolute atomic E-state index is 0.0306. The molecule has 0 aliphatic rings. The Morgan fingerprint density at radius 3 is 2.42 bits per heavy atom. The maximum Gasteiger partial charge on any atom is 0.252 e. The highest BCUT2D eigenvalue weighted by Gasteiger charge is 2.18. The monoisotopic (exact) mass is 318 g/mol. The summed E-state index contributed by atoms with van der Waals surface area (Å²) in [6.07, 6.45) is 0. The molecular formula is C21H22N2O. The van der Waals surface area contributed by atoms with Crippen molar-refractivity contribution >= 4 is 16.8 Å². The van der Waals surface area contributed by atoms with E-state index in [2.05, 4.69) is 19.2 Å². The maximum absolute atomic E-state index is 12.8. The van der Waals surface area contributed by atoms with Crippen LogP contribution in [0, 0.1) is 12.8 Å². The average Bonchev–Trinajstić information content (AvgIpc) is 2.60. The second-order valence-corrected chi connectivity index (χ2v) is 6.45. The lowest BCUT2D eigenvalue weighted by molar-refractivity contribution is 0.0950. The number of pyridine rings is 1. The lowest BCUT2D eigenvalue weighted by Crippen LogP contribution is -2.28. The van der Waals surface area contributed by atoms with Gasteiger partial charge in [0.25, 0.3) is 5.91 Å². The smallest absolute Gasteiger partial charge is 0.252 e. The van der Waals surface area contributed by atoms with E-state index in [0.717, 1.165) is 33.3 Å². The first kappa shape index (κ1) is 16.2. The van der Waals surface area contributed by atoms with Gasteiger partial charge in [0, 0.05) is 17.5 Å². The molecule has 0 aliphatic heterocycles. The van der Waals surface area contributed by atoms with Gasteiger partial charge in [-0.2, -0.15) is 0 Å². The highest BCUT2D eigenvalue weighted by Crippen LogP contribution is 2.29. The molecule has 2 aromatic carbocycles. The summed E-state index contributed by atoms with van der Waals surface area (Å²) in [5.74, 6) is 0.382. The first-order valence-electron chi connectivity index (χ1n) is 8.31. The molecule has 1 aromatic heterocycles. The molecule has 3 nitrogen and oxygen atoms in total. The SMILES string of the molecule is Cc1c(-c2ccccc2)nc2ccccc2c1C(=O)NCC(C)C. The van der Waals surface area contributed by atoms with Gasteiger partial charge in [0.05, 0.1) is 16.8 Å². The van der Waals surface area contributed by atoms with Crippen molar-refractivity contribution in [2.75, 3.05) is 6.54 Å². The largest absolute Gasteiger partial charge is 0.352 e. The zero-order chi connectivity index (χ0) is 17.1. The second-order valence-electron chi connectivity index (χ2n) is 6.45. The van der Waals surface area contributed by atoms with Crippen molar-refractivity contribution in [2.45, 2.75) is 20.8 Å². The van der Waals surface area contributed by atoms with Crippen LogP contribution in [0.2, 0.25) is 0 Å². The Morgan fingerprint density at radius 1 is 1.04 bits per heavy atom. The van der Waals surface area contributed by atoms with Crippen LogP contribution in [0.15, 0.2) is 54.6 Å². The van der Waals surface area contributed by atoms with Crippen molar-refractivity contribution in [3.8, 4) is 11.3 Å². The van der Waals surface area contributed by atoms with E-state index >= 15 is 0 Å². The van der Waals surface area contributed by atoms with Crippen molar-refractivity contribution in [3.05, 3.63) is 65.7 Å². The highest BCUT2D eigenvalue weighted by molar-refractivity contribution is 6.08. The number of amides is 1. The number of rotatable bonds is 4. The van der Waals surface area contributed by atoms with Gasteiger partial charge in [-0.05, 0) is 24.5 Å². The fourth-order valence-corrected chi connectivity index (χ4v) is 2.86. The Labute approximate surface area is 142 Å². The molecule has 0 bridgehead atoms. The molecule has 24 heavy (non-hydrogen) atoms. The molecule has 0 saturated heterocycles. The maximum atomic E-state index is 12.8. The van der Waals surface area contributed by atoms with Crippen LogP contribution in [-0.4, -0.2) is 17.4 Å². The van der Waals surface area contributed by atoms with Gasteiger partial charge in [0.2, 0.25) is 0 Å². The minimum atomic E-state index is -0.0306. The molecule has 0 fully saturated rings. The van der Waals surface area contributed by atoms with Crippen LogP contribution in [0.5, 0.6) is 0 Å². The summed E-state index contributed by atoms with van der Waals surface area (Å²) in [6, 6.07) is 17.8. The van der Waals surface area contributed by atoms with Gasteiger partial charge in [-0.15, -0.1) is 0 Å². The standard InChI is InChI=1S/C21H22N2O/c1-14(2)13-22-21(24)19-15(3)20(16-9-5-4-6-10-16)23-18-12-8-7-11-17(18)19/h4-12,14H,13H2,1-3H3,(H,22,24). The van der Waals surface area contributed by atoms with Gasteiger partial charge in [0.15, 0.2) is 0 Å². The predicted octanol–water partition coefficient (Wildman–Crippen LogP) is 4.60. The normalized spacial score (nSPS) is 11.0. The summed E-state index contributed by atoms with van der Waals surface area (Å²) in [5.41, 5.74) is 4.38. The number of para-hydroxylation sites is 1. The van der Waals surface area contributed by atoms with Crippen molar-refractivity contribution in [3.63, 3.8) is 0 Å². The summed E-state index contributed by atoms with van der Waals surface area (Å²) >= 11 is 0. The topological polar surface area (TPSA) is 42.0 Å². The number of fused-ring (bicyclic) bond motifs is 1. The number of carbonyl (C=O) groups excluding carboxylic acids is 1. The van der Waals surface area contributed by atoms with Gasteiger partial charge in [-0.1, -0.05) is 62.4 Å². The first-order valence-corrected chi connectivity index (χ1v) is 8.31. The Morgan fingerprint density at radius 2 is 1.71 bits per heavy atom. The second kappa shape index (κ2) is 6.83. The number of hydrogen-bond acceptors (Lipinski definition) is 2. The van der Waals surface area contributed by atoms with Gasteiger partial charge in [-0.3, -0.25) is 4.79 Å².